The lowest BCUT2D eigenvalue weighted by molar-refractivity contribution is -0.140. The van der Waals surface area contributed by atoms with Crippen LogP contribution >= 0.6 is 11.7 Å². The van der Waals surface area contributed by atoms with Crippen molar-refractivity contribution < 1.29 is 9.59 Å². The van der Waals surface area contributed by atoms with Crippen molar-refractivity contribution in [2.24, 2.45) is 7.05 Å². The van der Waals surface area contributed by atoms with Crippen molar-refractivity contribution in [3.63, 3.8) is 0 Å². The SMILES string of the molecule is Cn1ncc2c(N)nc3ccc(C(=O)N(Cc4ccc5nsnc5c4)N4CCCC4=O)cc3c21. The van der Waals surface area contributed by atoms with E-state index in [9.17, 15) is 9.59 Å². The molecule has 1 saturated heterocycles. The van der Waals surface area contributed by atoms with E-state index in [2.05, 4.69) is 18.8 Å². The van der Waals surface area contributed by atoms with E-state index in [1.165, 1.54) is 5.01 Å². The quantitative estimate of drug-likeness (QED) is 0.427. The molecule has 1 aliphatic rings. The van der Waals surface area contributed by atoms with Gasteiger partial charge in [0.05, 0.1) is 40.9 Å². The molecule has 0 saturated carbocycles. The molecule has 6 rings (SSSR count). The van der Waals surface area contributed by atoms with Crippen LogP contribution in [-0.4, -0.2) is 51.9 Å². The zero-order valence-electron chi connectivity index (χ0n) is 18.3. The molecule has 0 bridgehead atoms. The average Bonchev–Trinajstić information content (AvgIpc) is 3.57. The number of carbonyl (C=O) groups is 2. The number of carbonyl (C=O) groups excluding carboxylic acids is 2. The van der Waals surface area contributed by atoms with Crippen molar-refractivity contribution in [2.45, 2.75) is 19.4 Å². The van der Waals surface area contributed by atoms with Crippen LogP contribution in [-0.2, 0) is 18.4 Å². The molecule has 0 atom stereocenters. The second-order valence-electron chi connectivity index (χ2n) is 8.33. The zero-order valence-corrected chi connectivity index (χ0v) is 19.1. The fourth-order valence-corrected chi connectivity index (χ4v) is 5.01. The highest BCUT2D eigenvalue weighted by atomic mass is 32.1. The molecule has 1 aliphatic heterocycles. The minimum absolute atomic E-state index is 0.0611. The van der Waals surface area contributed by atoms with Gasteiger partial charge >= 0.3 is 0 Å². The Morgan fingerprint density at radius 2 is 1.94 bits per heavy atom. The van der Waals surface area contributed by atoms with Gasteiger partial charge in [-0.15, -0.1) is 0 Å². The Kier molecular flexibility index (Phi) is 4.66. The average molecular weight is 473 g/mol. The number of nitrogens with two attached hydrogens (primary N) is 1. The van der Waals surface area contributed by atoms with Crippen LogP contribution in [0.1, 0.15) is 28.8 Å². The summed E-state index contributed by atoms with van der Waals surface area (Å²) in [5.41, 5.74) is 10.5. The fourth-order valence-electron chi connectivity index (χ4n) is 4.49. The minimum Gasteiger partial charge on any atom is -0.383 e. The highest BCUT2D eigenvalue weighted by Gasteiger charge is 2.31. The number of aromatic nitrogens is 5. The molecule has 0 radical (unpaired) electrons. The molecule has 2 N–H and O–H groups in total. The number of fused-ring (bicyclic) bond motifs is 4. The van der Waals surface area contributed by atoms with Crippen molar-refractivity contribution in [2.75, 3.05) is 12.3 Å². The Morgan fingerprint density at radius 3 is 2.76 bits per heavy atom. The van der Waals surface area contributed by atoms with Crippen LogP contribution in [0.25, 0.3) is 32.8 Å². The Labute approximate surface area is 197 Å². The van der Waals surface area contributed by atoms with Gasteiger partial charge in [-0.2, -0.15) is 13.8 Å². The maximum atomic E-state index is 13.8. The van der Waals surface area contributed by atoms with Crippen molar-refractivity contribution in [1.82, 2.24) is 33.5 Å². The molecule has 10 nitrogen and oxygen atoms in total. The number of aryl methyl sites for hydroxylation is 1. The molecular formula is C23H20N8O2S. The fraction of sp³-hybridized carbons (Fsp3) is 0.217. The molecule has 1 fully saturated rings. The van der Waals surface area contributed by atoms with Crippen LogP contribution in [0, 0.1) is 0 Å². The summed E-state index contributed by atoms with van der Waals surface area (Å²) < 4.78 is 10.3. The van der Waals surface area contributed by atoms with Crippen molar-refractivity contribution in [3.8, 4) is 0 Å². The van der Waals surface area contributed by atoms with E-state index < -0.39 is 0 Å². The predicted octanol–water partition coefficient (Wildman–Crippen LogP) is 2.89. The number of hydrazine groups is 1. The van der Waals surface area contributed by atoms with Gasteiger partial charge < -0.3 is 5.73 Å². The number of amides is 2. The van der Waals surface area contributed by atoms with Gasteiger partial charge in [0.25, 0.3) is 5.91 Å². The highest BCUT2D eigenvalue weighted by Crippen LogP contribution is 2.29. The van der Waals surface area contributed by atoms with Gasteiger partial charge in [-0.25, -0.2) is 9.99 Å². The Bertz CT molecular complexity index is 1610. The van der Waals surface area contributed by atoms with Crippen molar-refractivity contribution >= 4 is 62.2 Å². The molecule has 0 unspecified atom stereocenters. The first kappa shape index (κ1) is 20.5. The number of anilines is 1. The summed E-state index contributed by atoms with van der Waals surface area (Å²) in [6.45, 7) is 0.750. The summed E-state index contributed by atoms with van der Waals surface area (Å²) in [5.74, 6) is 0.0701. The van der Waals surface area contributed by atoms with Gasteiger partial charge in [-0.1, -0.05) is 6.07 Å². The van der Waals surface area contributed by atoms with Crippen molar-refractivity contribution in [1.29, 1.82) is 0 Å². The third-order valence-electron chi connectivity index (χ3n) is 6.18. The summed E-state index contributed by atoms with van der Waals surface area (Å²) in [5, 5.41) is 8.90. The van der Waals surface area contributed by atoms with Crippen molar-refractivity contribution in [3.05, 3.63) is 53.7 Å². The van der Waals surface area contributed by atoms with E-state index in [0.29, 0.717) is 36.3 Å². The van der Waals surface area contributed by atoms with Gasteiger partial charge in [0.1, 0.15) is 16.9 Å². The van der Waals surface area contributed by atoms with E-state index in [1.54, 1.807) is 34.1 Å². The van der Waals surface area contributed by atoms with E-state index in [4.69, 9.17) is 5.73 Å². The molecule has 0 spiro atoms. The molecule has 2 amide bonds. The molecule has 11 heteroatoms. The highest BCUT2D eigenvalue weighted by molar-refractivity contribution is 7.00. The van der Waals surface area contributed by atoms with Crippen LogP contribution in [0.15, 0.2) is 42.6 Å². The second-order valence-corrected chi connectivity index (χ2v) is 8.86. The Morgan fingerprint density at radius 1 is 1.12 bits per heavy atom. The first-order valence-corrected chi connectivity index (χ1v) is 11.6. The van der Waals surface area contributed by atoms with E-state index in [1.807, 2.05) is 25.2 Å². The monoisotopic (exact) mass is 472 g/mol. The third kappa shape index (κ3) is 3.24. The number of nitrogens with zero attached hydrogens (tertiary/aromatic N) is 7. The predicted molar refractivity (Wildman–Crippen MR) is 129 cm³/mol. The van der Waals surface area contributed by atoms with E-state index in [0.717, 1.165) is 44.6 Å². The second kappa shape index (κ2) is 7.73. The lowest BCUT2D eigenvalue weighted by Crippen LogP contribution is -2.46. The van der Waals surface area contributed by atoms with E-state index >= 15 is 0 Å². The zero-order chi connectivity index (χ0) is 23.4. The first-order valence-electron chi connectivity index (χ1n) is 10.8. The molecule has 170 valence electrons. The Balaban J connectivity index is 1.43. The number of pyridine rings is 1. The lowest BCUT2D eigenvalue weighted by Gasteiger charge is -2.32. The summed E-state index contributed by atoms with van der Waals surface area (Å²) in [4.78, 5) is 30.9. The summed E-state index contributed by atoms with van der Waals surface area (Å²) in [6.07, 6.45) is 2.81. The number of hydrogen-bond donors (Lipinski definition) is 1. The normalized spacial score (nSPS) is 14.0. The maximum Gasteiger partial charge on any atom is 0.272 e. The molecule has 2 aromatic carbocycles. The number of hydrogen-bond acceptors (Lipinski definition) is 8. The van der Waals surface area contributed by atoms with Crippen LogP contribution in [0.5, 0.6) is 0 Å². The number of nitrogen functional groups attached to an aromatic ring is 1. The van der Waals surface area contributed by atoms with Gasteiger partial charge in [-0.05, 0) is 42.3 Å². The van der Waals surface area contributed by atoms with Gasteiger partial charge in [0.15, 0.2) is 0 Å². The molecule has 3 aromatic heterocycles. The standard InChI is InChI=1S/C23H20N8O2S/c1-29-21-15-10-14(5-7-17(15)26-22(24)16(21)11-25-29)23(33)31(30-8-2-3-20(30)32)12-13-4-6-18-19(9-13)28-34-27-18/h4-7,9-11H,2-3,8,12H2,1H3,(H2,24,26). The molecular weight excluding hydrogens is 452 g/mol. The van der Waals surface area contributed by atoms with Crippen LogP contribution in [0.2, 0.25) is 0 Å². The maximum absolute atomic E-state index is 13.8. The molecule has 5 aromatic rings. The topological polar surface area (TPSA) is 123 Å². The van der Waals surface area contributed by atoms with Gasteiger partial charge in [0, 0.05) is 31.0 Å². The Hall–Kier alpha value is -4.12. The van der Waals surface area contributed by atoms with Crippen LogP contribution < -0.4 is 5.73 Å². The largest absolute Gasteiger partial charge is 0.383 e. The minimum atomic E-state index is -0.263. The first-order chi connectivity index (χ1) is 16.5. The summed E-state index contributed by atoms with van der Waals surface area (Å²) >= 11 is 1.15. The van der Waals surface area contributed by atoms with Crippen LogP contribution in [0.4, 0.5) is 5.82 Å². The van der Waals surface area contributed by atoms with Crippen LogP contribution in [0.3, 0.4) is 0 Å². The summed E-state index contributed by atoms with van der Waals surface area (Å²) in [7, 11) is 1.83. The van der Waals surface area contributed by atoms with Gasteiger partial charge in [0.2, 0.25) is 5.91 Å². The molecule has 4 heterocycles. The van der Waals surface area contributed by atoms with Gasteiger partial charge in [-0.3, -0.25) is 19.3 Å². The smallest absolute Gasteiger partial charge is 0.272 e. The molecule has 0 aliphatic carbocycles. The number of rotatable bonds is 4. The lowest BCUT2D eigenvalue weighted by atomic mass is 10.1. The molecule has 34 heavy (non-hydrogen) atoms. The number of benzene rings is 2. The third-order valence-corrected chi connectivity index (χ3v) is 6.74. The summed E-state index contributed by atoms with van der Waals surface area (Å²) in [6, 6.07) is 11.0. The van der Waals surface area contributed by atoms with E-state index in [-0.39, 0.29) is 18.4 Å².